The summed E-state index contributed by atoms with van der Waals surface area (Å²) in [5.41, 5.74) is 8.25. The van der Waals surface area contributed by atoms with Gasteiger partial charge in [-0.05, 0) is 50.1 Å². The third kappa shape index (κ3) is 2.61. The van der Waals surface area contributed by atoms with Gasteiger partial charge in [0.2, 0.25) is 0 Å². The third-order valence-electron chi connectivity index (χ3n) is 4.32. The molecule has 1 fully saturated rings. The van der Waals surface area contributed by atoms with Gasteiger partial charge < -0.3 is 10.6 Å². The Balaban J connectivity index is 1.97. The molecule has 2 atom stereocenters. The fourth-order valence-electron chi connectivity index (χ4n) is 2.87. The molecular formula is C15H21N5S. The smallest absolute Gasteiger partial charge is 0.147 e. The number of pyridine rings is 1. The van der Waals surface area contributed by atoms with Crippen LogP contribution >= 0.6 is 11.5 Å². The fraction of sp³-hybridized carbons (Fsp3) is 0.467. The molecule has 0 radical (unpaired) electrons. The number of hydrogen-bond donors (Lipinski definition) is 1. The minimum absolute atomic E-state index is 0.516. The average molecular weight is 303 g/mol. The van der Waals surface area contributed by atoms with Crippen LogP contribution in [0.4, 0.5) is 10.8 Å². The Morgan fingerprint density at radius 3 is 2.43 bits per heavy atom. The van der Waals surface area contributed by atoms with Gasteiger partial charge in [-0.15, -0.1) is 0 Å². The summed E-state index contributed by atoms with van der Waals surface area (Å²) in [6, 6.07) is 5.02. The first-order valence-corrected chi connectivity index (χ1v) is 7.97. The van der Waals surface area contributed by atoms with Crippen molar-refractivity contribution in [3.63, 3.8) is 0 Å². The van der Waals surface area contributed by atoms with E-state index in [0.717, 1.165) is 24.2 Å². The molecule has 2 aromatic rings. The van der Waals surface area contributed by atoms with Gasteiger partial charge >= 0.3 is 0 Å². The van der Waals surface area contributed by atoms with Gasteiger partial charge in [0.05, 0.1) is 5.56 Å². The normalized spacial score (nSPS) is 23.5. The summed E-state index contributed by atoms with van der Waals surface area (Å²) in [5, 5.41) is 1.17. The first kappa shape index (κ1) is 14.3. The average Bonchev–Trinajstić information content (AvgIpc) is 2.87. The SMILES string of the molecule is CC1CN(c2snc(N)c2-c2ccncc2)CC(C)N1C. The highest BCUT2D eigenvalue weighted by atomic mass is 32.1. The number of piperazine rings is 1. The fourth-order valence-corrected chi connectivity index (χ4v) is 3.72. The van der Waals surface area contributed by atoms with E-state index in [0.29, 0.717) is 17.9 Å². The van der Waals surface area contributed by atoms with Crippen molar-refractivity contribution in [3.05, 3.63) is 24.5 Å². The molecule has 2 N–H and O–H groups in total. The Hall–Kier alpha value is -1.66. The molecule has 0 saturated carbocycles. The summed E-state index contributed by atoms with van der Waals surface area (Å²) in [6.45, 7) is 6.53. The van der Waals surface area contributed by atoms with Crippen LogP contribution in [-0.2, 0) is 0 Å². The van der Waals surface area contributed by atoms with Gasteiger partial charge in [-0.25, -0.2) is 0 Å². The second kappa shape index (κ2) is 5.61. The lowest BCUT2D eigenvalue weighted by Gasteiger charge is -2.43. The molecule has 1 aliphatic heterocycles. The highest BCUT2D eigenvalue weighted by molar-refractivity contribution is 7.11. The summed E-state index contributed by atoms with van der Waals surface area (Å²) in [5.74, 6) is 0.612. The second-order valence-corrected chi connectivity index (χ2v) is 6.50. The van der Waals surface area contributed by atoms with Crippen LogP contribution in [0.5, 0.6) is 0 Å². The van der Waals surface area contributed by atoms with Crippen LogP contribution in [0.15, 0.2) is 24.5 Å². The molecule has 3 heterocycles. The molecule has 112 valence electrons. The van der Waals surface area contributed by atoms with Crippen LogP contribution in [0.1, 0.15) is 13.8 Å². The maximum Gasteiger partial charge on any atom is 0.147 e. The molecule has 1 saturated heterocycles. The lowest BCUT2D eigenvalue weighted by Crippen LogP contribution is -2.55. The lowest BCUT2D eigenvalue weighted by molar-refractivity contribution is 0.170. The molecule has 0 aromatic carbocycles. The Bertz CT molecular complexity index is 600. The number of nitrogens with zero attached hydrogens (tertiary/aromatic N) is 4. The third-order valence-corrected chi connectivity index (χ3v) is 5.24. The van der Waals surface area contributed by atoms with E-state index in [1.54, 1.807) is 12.4 Å². The summed E-state index contributed by atoms with van der Waals surface area (Å²) < 4.78 is 4.38. The number of rotatable bonds is 2. The molecule has 2 unspecified atom stereocenters. The van der Waals surface area contributed by atoms with Crippen molar-refractivity contribution < 1.29 is 0 Å². The maximum absolute atomic E-state index is 6.12. The van der Waals surface area contributed by atoms with Crippen LogP contribution < -0.4 is 10.6 Å². The van der Waals surface area contributed by atoms with Crippen molar-refractivity contribution in [2.45, 2.75) is 25.9 Å². The number of aromatic nitrogens is 2. The number of nitrogens with two attached hydrogens (primary N) is 1. The predicted octanol–water partition coefficient (Wildman–Crippen LogP) is 2.32. The molecule has 6 heteroatoms. The summed E-state index contributed by atoms with van der Waals surface area (Å²) >= 11 is 1.49. The van der Waals surface area contributed by atoms with E-state index in [9.17, 15) is 0 Å². The van der Waals surface area contributed by atoms with Crippen LogP contribution in [-0.4, -0.2) is 46.5 Å². The zero-order valence-electron chi connectivity index (χ0n) is 12.7. The summed E-state index contributed by atoms with van der Waals surface area (Å²) in [7, 11) is 2.19. The first-order valence-electron chi connectivity index (χ1n) is 7.20. The van der Waals surface area contributed by atoms with Gasteiger partial charge in [-0.2, -0.15) is 4.37 Å². The number of nitrogen functional groups attached to an aromatic ring is 1. The van der Waals surface area contributed by atoms with Crippen molar-refractivity contribution in [2.24, 2.45) is 0 Å². The summed E-state index contributed by atoms with van der Waals surface area (Å²) in [4.78, 5) is 8.92. The summed E-state index contributed by atoms with van der Waals surface area (Å²) in [6.07, 6.45) is 3.59. The first-order chi connectivity index (χ1) is 10.1. The van der Waals surface area contributed by atoms with Gasteiger partial charge in [0.1, 0.15) is 10.8 Å². The van der Waals surface area contributed by atoms with Crippen LogP contribution in [0, 0.1) is 0 Å². The van der Waals surface area contributed by atoms with Gasteiger partial charge in [-0.3, -0.25) is 9.88 Å². The largest absolute Gasteiger partial charge is 0.382 e. The lowest BCUT2D eigenvalue weighted by atomic mass is 10.1. The van der Waals surface area contributed by atoms with Crippen LogP contribution in [0.25, 0.3) is 11.1 Å². The van der Waals surface area contributed by atoms with Crippen molar-refractivity contribution >= 4 is 22.4 Å². The maximum atomic E-state index is 6.12. The molecule has 3 rings (SSSR count). The van der Waals surface area contributed by atoms with Crippen LogP contribution in [0.3, 0.4) is 0 Å². The van der Waals surface area contributed by atoms with E-state index < -0.39 is 0 Å². The minimum Gasteiger partial charge on any atom is -0.382 e. The highest BCUT2D eigenvalue weighted by Gasteiger charge is 2.29. The van der Waals surface area contributed by atoms with Crippen molar-refractivity contribution in [1.29, 1.82) is 0 Å². The number of hydrogen-bond acceptors (Lipinski definition) is 6. The van der Waals surface area contributed by atoms with Gasteiger partial charge in [-0.1, -0.05) is 0 Å². The highest BCUT2D eigenvalue weighted by Crippen LogP contribution is 2.40. The molecule has 0 bridgehead atoms. The van der Waals surface area contributed by atoms with E-state index in [-0.39, 0.29) is 0 Å². The van der Waals surface area contributed by atoms with Crippen molar-refractivity contribution in [1.82, 2.24) is 14.3 Å². The van der Waals surface area contributed by atoms with E-state index in [2.05, 4.69) is 40.1 Å². The topological polar surface area (TPSA) is 58.3 Å². The zero-order valence-corrected chi connectivity index (χ0v) is 13.5. The van der Waals surface area contributed by atoms with Crippen molar-refractivity contribution in [2.75, 3.05) is 30.8 Å². The molecule has 1 aliphatic rings. The molecule has 0 aliphatic carbocycles. The minimum atomic E-state index is 0.516. The Morgan fingerprint density at radius 1 is 1.19 bits per heavy atom. The standard InChI is InChI=1S/C15H21N5S/c1-10-8-20(9-11(2)19(10)3)15-13(14(16)18-21-15)12-4-6-17-7-5-12/h4-7,10-11H,8-9H2,1-3H3,(H2,16,18). The number of anilines is 2. The van der Waals surface area contributed by atoms with Gasteiger partial charge in [0, 0.05) is 37.6 Å². The molecule has 21 heavy (non-hydrogen) atoms. The molecule has 2 aromatic heterocycles. The van der Waals surface area contributed by atoms with E-state index in [4.69, 9.17) is 5.73 Å². The van der Waals surface area contributed by atoms with E-state index >= 15 is 0 Å². The predicted molar refractivity (Wildman–Crippen MR) is 88.7 cm³/mol. The Labute approximate surface area is 129 Å². The zero-order chi connectivity index (χ0) is 15.0. The molecular weight excluding hydrogens is 282 g/mol. The molecule has 0 amide bonds. The molecule has 0 spiro atoms. The number of likely N-dealkylation sites (N-methyl/N-ethyl adjacent to an activating group) is 1. The molecule has 5 nitrogen and oxygen atoms in total. The van der Waals surface area contributed by atoms with Crippen LogP contribution in [0.2, 0.25) is 0 Å². The van der Waals surface area contributed by atoms with Gasteiger partial charge in [0.25, 0.3) is 0 Å². The van der Waals surface area contributed by atoms with E-state index in [1.807, 2.05) is 12.1 Å². The van der Waals surface area contributed by atoms with Gasteiger partial charge in [0.15, 0.2) is 0 Å². The van der Waals surface area contributed by atoms with Crippen molar-refractivity contribution in [3.8, 4) is 11.1 Å². The quantitative estimate of drug-likeness (QED) is 0.922. The van der Waals surface area contributed by atoms with E-state index in [1.165, 1.54) is 16.5 Å². The second-order valence-electron chi connectivity index (χ2n) is 5.75. The Kier molecular flexibility index (Phi) is 3.82. The monoisotopic (exact) mass is 303 g/mol. The Morgan fingerprint density at radius 2 is 1.81 bits per heavy atom.